The Morgan fingerprint density at radius 2 is 1.77 bits per heavy atom. The summed E-state index contributed by atoms with van der Waals surface area (Å²) in [6.45, 7) is 0.255. The van der Waals surface area contributed by atoms with Crippen molar-refractivity contribution in [1.29, 1.82) is 0 Å². The van der Waals surface area contributed by atoms with E-state index in [0.29, 0.717) is 24.0 Å². The molecule has 3 aliphatic heterocycles. The lowest BCUT2D eigenvalue weighted by Gasteiger charge is -2.29. The highest BCUT2D eigenvalue weighted by Gasteiger charge is 2.61. The smallest absolute Gasteiger partial charge is 0.410 e. The van der Waals surface area contributed by atoms with Crippen LogP contribution in [0.2, 0.25) is 0 Å². The Labute approximate surface area is 274 Å². The molecule has 0 N–H and O–H groups in total. The van der Waals surface area contributed by atoms with Crippen LogP contribution in [0.3, 0.4) is 0 Å². The lowest BCUT2D eigenvalue weighted by atomic mass is 9.91. The van der Waals surface area contributed by atoms with Crippen LogP contribution in [-0.4, -0.2) is 71.4 Å². The van der Waals surface area contributed by atoms with Gasteiger partial charge in [0, 0.05) is 30.9 Å². The molecule has 2 aliphatic carbocycles. The number of methoxy groups -OCH3 is 1. The van der Waals surface area contributed by atoms with Gasteiger partial charge in [-0.2, -0.15) is 0 Å². The number of amides is 2. The SMILES string of the molecule is COC(=O)[C@]12CC(=O)C3C[C@@H](OC(=O)N4Cc5cccc(F)c5C4)CN3C(=O)[C@@H](CC(=O)OC3CCCC3)CCCCC/C=C\[C@@H]1C2. The van der Waals surface area contributed by atoms with E-state index in [4.69, 9.17) is 14.2 Å². The van der Waals surface area contributed by atoms with Crippen molar-refractivity contribution < 1.29 is 42.6 Å². The van der Waals surface area contributed by atoms with Gasteiger partial charge in [0.2, 0.25) is 5.91 Å². The van der Waals surface area contributed by atoms with E-state index in [9.17, 15) is 28.4 Å². The first-order valence-corrected chi connectivity index (χ1v) is 17.2. The number of Topliss-reactive ketones (excluding diaryl/α,β-unsaturated/α-hetero) is 1. The Morgan fingerprint density at radius 1 is 0.979 bits per heavy atom. The lowest BCUT2D eigenvalue weighted by molar-refractivity contribution is -0.154. The van der Waals surface area contributed by atoms with Gasteiger partial charge >= 0.3 is 18.0 Å². The summed E-state index contributed by atoms with van der Waals surface area (Å²) in [5.41, 5.74) is 0.171. The summed E-state index contributed by atoms with van der Waals surface area (Å²) in [5.74, 6) is -2.69. The summed E-state index contributed by atoms with van der Waals surface area (Å²) in [6, 6.07) is 3.79. The number of ether oxygens (including phenoxy) is 3. The zero-order chi connectivity index (χ0) is 33.1. The molecule has 2 saturated carbocycles. The first-order chi connectivity index (χ1) is 22.7. The van der Waals surface area contributed by atoms with Gasteiger partial charge in [0.05, 0.1) is 38.1 Å². The Bertz CT molecular complexity index is 1420. The van der Waals surface area contributed by atoms with Crippen LogP contribution in [0.25, 0.3) is 0 Å². The van der Waals surface area contributed by atoms with Gasteiger partial charge in [0.1, 0.15) is 18.0 Å². The molecule has 0 radical (unpaired) electrons. The molecular formula is C36H45FN2O8. The average Bonchev–Trinajstić information content (AvgIpc) is 3.49. The number of allylic oxidation sites excluding steroid dienone is 2. The van der Waals surface area contributed by atoms with Crippen LogP contribution >= 0.6 is 0 Å². The average molecular weight is 653 g/mol. The molecule has 11 heteroatoms. The highest BCUT2D eigenvalue weighted by molar-refractivity contribution is 5.96. The van der Waals surface area contributed by atoms with Gasteiger partial charge in [-0.15, -0.1) is 0 Å². The van der Waals surface area contributed by atoms with Crippen LogP contribution in [0.1, 0.15) is 94.6 Å². The third-order valence-corrected chi connectivity index (χ3v) is 10.7. The second-order valence-corrected chi connectivity index (χ2v) is 13.9. The van der Waals surface area contributed by atoms with Crippen LogP contribution in [0.15, 0.2) is 30.4 Å². The van der Waals surface area contributed by atoms with Crippen LogP contribution in [0.5, 0.6) is 0 Å². The van der Waals surface area contributed by atoms with Crippen molar-refractivity contribution in [3.63, 3.8) is 0 Å². The second kappa shape index (κ2) is 14.2. The van der Waals surface area contributed by atoms with E-state index in [2.05, 4.69) is 6.08 Å². The summed E-state index contributed by atoms with van der Waals surface area (Å²) in [4.78, 5) is 70.5. The summed E-state index contributed by atoms with van der Waals surface area (Å²) < 4.78 is 31.1. The number of nitrogens with zero attached hydrogens (tertiary/aromatic N) is 2. The highest BCUT2D eigenvalue weighted by atomic mass is 19.1. The van der Waals surface area contributed by atoms with Gasteiger partial charge in [-0.1, -0.05) is 37.1 Å². The van der Waals surface area contributed by atoms with E-state index >= 15 is 0 Å². The van der Waals surface area contributed by atoms with Crippen molar-refractivity contribution in [2.75, 3.05) is 13.7 Å². The monoisotopic (exact) mass is 652 g/mol. The fourth-order valence-corrected chi connectivity index (χ4v) is 7.97. The minimum Gasteiger partial charge on any atom is -0.469 e. The molecule has 1 aromatic carbocycles. The number of carbonyl (C=O) groups is 5. The number of hydrogen-bond donors (Lipinski definition) is 0. The normalized spacial score (nSPS) is 30.4. The van der Waals surface area contributed by atoms with Crippen LogP contribution < -0.4 is 0 Å². The molecular weight excluding hydrogens is 607 g/mol. The zero-order valence-electron chi connectivity index (χ0n) is 27.1. The van der Waals surface area contributed by atoms with Crippen molar-refractivity contribution in [3.8, 4) is 0 Å². The van der Waals surface area contributed by atoms with Gasteiger partial charge < -0.3 is 19.1 Å². The molecule has 3 fully saturated rings. The maximum atomic E-state index is 14.4. The van der Waals surface area contributed by atoms with Gasteiger partial charge in [0.15, 0.2) is 5.78 Å². The molecule has 0 bridgehead atoms. The van der Waals surface area contributed by atoms with Crippen molar-refractivity contribution in [2.24, 2.45) is 17.3 Å². The highest BCUT2D eigenvalue weighted by Crippen LogP contribution is 2.57. The predicted octanol–water partition coefficient (Wildman–Crippen LogP) is 5.40. The maximum absolute atomic E-state index is 14.4. The molecule has 254 valence electrons. The van der Waals surface area contributed by atoms with Crippen molar-refractivity contribution >= 4 is 29.7 Å². The molecule has 1 saturated heterocycles. The number of carbonyl (C=O) groups excluding carboxylic acids is 5. The zero-order valence-corrected chi connectivity index (χ0v) is 27.1. The quantitative estimate of drug-likeness (QED) is 0.236. The Kier molecular flexibility index (Phi) is 9.98. The van der Waals surface area contributed by atoms with Crippen LogP contribution in [-0.2, 0) is 46.5 Å². The molecule has 0 aromatic heterocycles. The van der Waals surface area contributed by atoms with Gasteiger partial charge in [-0.25, -0.2) is 9.18 Å². The molecule has 5 aliphatic rings. The molecule has 47 heavy (non-hydrogen) atoms. The molecule has 2 amide bonds. The number of halogens is 1. The lowest BCUT2D eigenvalue weighted by Crippen LogP contribution is -2.45. The molecule has 10 nitrogen and oxygen atoms in total. The molecule has 3 heterocycles. The fraction of sp³-hybridized carbons (Fsp3) is 0.639. The third-order valence-electron chi connectivity index (χ3n) is 10.7. The number of fused-ring (bicyclic) bond motifs is 3. The maximum Gasteiger partial charge on any atom is 0.410 e. The standard InChI is InChI=1S/C36H45FN2O8/c1-45-34(43)36-18-25(36)12-6-4-2-3-5-10-23(16-32(41)46-26-13-7-8-14-26)33(42)39-21-27(17-30(39)31(40)19-36)47-35(44)38-20-24-11-9-15-29(37)28(24)22-38/h6,9,11-12,15,23,25-27,30H,2-5,7-8,10,13-14,16-22H2,1H3/b12-6-/t23-,25-,27-,30?,36-/m1/s1. The molecule has 1 aromatic rings. The van der Waals surface area contributed by atoms with Gasteiger partial charge in [-0.3, -0.25) is 24.1 Å². The van der Waals surface area contributed by atoms with E-state index < -0.39 is 41.5 Å². The van der Waals surface area contributed by atoms with E-state index in [-0.39, 0.29) is 68.4 Å². The van der Waals surface area contributed by atoms with Crippen LogP contribution in [0, 0.1) is 23.1 Å². The van der Waals surface area contributed by atoms with E-state index in [1.54, 1.807) is 12.1 Å². The summed E-state index contributed by atoms with van der Waals surface area (Å²) in [6.07, 6.45) is 10.3. The predicted molar refractivity (Wildman–Crippen MR) is 167 cm³/mol. The minimum atomic E-state index is -0.984. The number of hydrogen-bond acceptors (Lipinski definition) is 8. The Balaban J connectivity index is 1.22. The Morgan fingerprint density at radius 3 is 2.53 bits per heavy atom. The fourth-order valence-electron chi connectivity index (χ4n) is 7.97. The summed E-state index contributed by atoms with van der Waals surface area (Å²) in [7, 11) is 1.31. The number of rotatable bonds is 5. The summed E-state index contributed by atoms with van der Waals surface area (Å²) in [5, 5.41) is 0. The van der Waals surface area contributed by atoms with E-state index in [1.807, 2.05) is 6.08 Å². The number of esters is 2. The van der Waals surface area contributed by atoms with E-state index in [0.717, 1.165) is 51.4 Å². The molecule has 5 atom stereocenters. The minimum absolute atomic E-state index is 0.0150. The topological polar surface area (TPSA) is 120 Å². The van der Waals surface area contributed by atoms with Crippen molar-refractivity contribution in [3.05, 3.63) is 47.3 Å². The van der Waals surface area contributed by atoms with Gasteiger partial charge in [-0.05, 0) is 68.9 Å². The van der Waals surface area contributed by atoms with Gasteiger partial charge in [0.25, 0.3) is 0 Å². The second-order valence-electron chi connectivity index (χ2n) is 13.9. The third kappa shape index (κ3) is 7.23. The first-order valence-electron chi connectivity index (χ1n) is 17.2. The number of ketones is 1. The van der Waals surface area contributed by atoms with E-state index in [1.165, 1.54) is 23.0 Å². The molecule has 1 unspecified atom stereocenters. The molecule has 0 spiro atoms. The molecule has 6 rings (SSSR count). The largest absolute Gasteiger partial charge is 0.469 e. The van der Waals surface area contributed by atoms with Crippen LogP contribution in [0.4, 0.5) is 9.18 Å². The van der Waals surface area contributed by atoms with Crippen molar-refractivity contribution in [2.45, 2.75) is 115 Å². The number of benzene rings is 1. The summed E-state index contributed by atoms with van der Waals surface area (Å²) >= 11 is 0. The first kappa shape index (κ1) is 33.2. The Hall–Kier alpha value is -3.76. The van der Waals surface area contributed by atoms with Crippen molar-refractivity contribution in [1.82, 2.24) is 9.80 Å².